The van der Waals surface area contributed by atoms with E-state index in [9.17, 15) is 8.42 Å². The molecule has 1 fully saturated rings. The molecule has 0 amide bonds. The van der Waals surface area contributed by atoms with E-state index in [0.29, 0.717) is 12.1 Å². The van der Waals surface area contributed by atoms with Crippen LogP contribution < -0.4 is 0 Å². The van der Waals surface area contributed by atoms with Crippen LogP contribution in [0.25, 0.3) is 0 Å². The van der Waals surface area contributed by atoms with Crippen LogP contribution in [-0.4, -0.2) is 25.3 Å². The molecule has 4 nitrogen and oxygen atoms in total. The van der Waals surface area contributed by atoms with E-state index >= 15 is 0 Å². The summed E-state index contributed by atoms with van der Waals surface area (Å²) >= 11 is 6.03. The summed E-state index contributed by atoms with van der Waals surface area (Å²) in [4.78, 5) is 0.0331. The van der Waals surface area contributed by atoms with Gasteiger partial charge in [-0.25, -0.2) is 8.42 Å². The van der Waals surface area contributed by atoms with E-state index in [2.05, 4.69) is 0 Å². The Morgan fingerprint density at radius 2 is 2.10 bits per heavy atom. The average Bonchev–Trinajstić information content (AvgIpc) is 3.20. The van der Waals surface area contributed by atoms with Gasteiger partial charge < -0.3 is 0 Å². The molecule has 0 atom stereocenters. The summed E-state index contributed by atoms with van der Waals surface area (Å²) in [6.45, 7) is 4.44. The van der Waals surface area contributed by atoms with Crippen molar-refractivity contribution in [1.82, 2.24) is 4.31 Å². The molecule has 1 aliphatic rings. The number of hydrogen-bond acceptors (Lipinski definition) is 3. The van der Waals surface area contributed by atoms with E-state index in [1.165, 1.54) is 22.5 Å². The van der Waals surface area contributed by atoms with Crippen molar-refractivity contribution >= 4 is 21.6 Å². The molecule has 1 saturated carbocycles. The molecule has 0 unspecified atom stereocenters. The van der Waals surface area contributed by atoms with Crippen LogP contribution in [0.4, 0.5) is 0 Å². The Bertz CT molecular complexity index is 646. The van der Waals surface area contributed by atoms with Gasteiger partial charge in [-0.15, -0.1) is 0 Å². The SMILES string of the molecule is CC(C)CN(C1CC1)S(=O)(=O)c1cc(C#N)ccc1Cl. The Balaban J connectivity index is 2.45. The number of sulfonamides is 1. The van der Waals surface area contributed by atoms with Gasteiger partial charge in [0.05, 0.1) is 16.7 Å². The molecule has 0 spiro atoms. The van der Waals surface area contributed by atoms with Crippen LogP contribution in [0.3, 0.4) is 0 Å². The molecule has 0 saturated heterocycles. The topological polar surface area (TPSA) is 61.2 Å². The van der Waals surface area contributed by atoms with Crippen LogP contribution in [0.2, 0.25) is 5.02 Å². The van der Waals surface area contributed by atoms with Crippen molar-refractivity contribution in [3.05, 3.63) is 28.8 Å². The van der Waals surface area contributed by atoms with Crippen molar-refractivity contribution in [2.45, 2.75) is 37.6 Å². The summed E-state index contributed by atoms with van der Waals surface area (Å²) in [6, 6.07) is 6.36. The van der Waals surface area contributed by atoms with Crippen LogP contribution in [0.5, 0.6) is 0 Å². The van der Waals surface area contributed by atoms with Gasteiger partial charge in [-0.1, -0.05) is 25.4 Å². The lowest BCUT2D eigenvalue weighted by atomic mass is 10.2. The second kappa shape index (κ2) is 5.72. The average molecular weight is 313 g/mol. The molecule has 0 N–H and O–H groups in total. The number of hydrogen-bond donors (Lipinski definition) is 0. The van der Waals surface area contributed by atoms with Gasteiger partial charge >= 0.3 is 0 Å². The molecular weight excluding hydrogens is 296 g/mol. The van der Waals surface area contributed by atoms with Crippen molar-refractivity contribution < 1.29 is 8.42 Å². The number of halogens is 1. The molecule has 0 bridgehead atoms. The molecule has 6 heteroatoms. The Morgan fingerprint density at radius 1 is 1.45 bits per heavy atom. The zero-order chi connectivity index (χ0) is 14.9. The van der Waals surface area contributed by atoms with E-state index in [4.69, 9.17) is 16.9 Å². The van der Waals surface area contributed by atoms with E-state index in [1.807, 2.05) is 19.9 Å². The molecule has 0 aliphatic heterocycles. The summed E-state index contributed by atoms with van der Waals surface area (Å²) in [5.74, 6) is 0.239. The number of rotatable bonds is 5. The standard InChI is InChI=1S/C14H17ClN2O2S/c1-10(2)9-17(12-4-5-12)20(18,19)14-7-11(8-16)3-6-13(14)15/h3,6-7,10,12H,4-5,9H2,1-2H3. The molecule has 108 valence electrons. The van der Waals surface area contributed by atoms with Crippen molar-refractivity contribution in [1.29, 1.82) is 5.26 Å². The van der Waals surface area contributed by atoms with Gasteiger partial charge in [0.1, 0.15) is 4.90 Å². The Labute approximate surface area is 125 Å². The summed E-state index contributed by atoms with van der Waals surface area (Å²) in [7, 11) is -3.65. The van der Waals surface area contributed by atoms with E-state index in [-0.39, 0.29) is 21.9 Å². The third-order valence-electron chi connectivity index (χ3n) is 3.15. The van der Waals surface area contributed by atoms with E-state index < -0.39 is 10.0 Å². The van der Waals surface area contributed by atoms with Gasteiger partial charge in [0.25, 0.3) is 0 Å². The fourth-order valence-corrected chi connectivity index (χ4v) is 4.41. The first-order valence-corrected chi connectivity index (χ1v) is 8.39. The lowest BCUT2D eigenvalue weighted by Gasteiger charge is -2.24. The monoisotopic (exact) mass is 312 g/mol. The fourth-order valence-electron chi connectivity index (χ4n) is 2.06. The lowest BCUT2D eigenvalue weighted by molar-refractivity contribution is 0.360. The molecular formula is C14H17ClN2O2S. The van der Waals surface area contributed by atoms with Crippen molar-refractivity contribution in [3.63, 3.8) is 0 Å². The van der Waals surface area contributed by atoms with Crippen molar-refractivity contribution in [3.8, 4) is 6.07 Å². The minimum atomic E-state index is -3.65. The summed E-state index contributed by atoms with van der Waals surface area (Å²) in [5, 5.41) is 9.09. The second-order valence-corrected chi connectivity index (χ2v) is 7.72. The van der Waals surface area contributed by atoms with Crippen LogP contribution in [0.1, 0.15) is 32.3 Å². The first-order valence-electron chi connectivity index (χ1n) is 6.57. The van der Waals surface area contributed by atoms with Gasteiger partial charge in [-0.3, -0.25) is 0 Å². The fraction of sp³-hybridized carbons (Fsp3) is 0.500. The summed E-state index contributed by atoms with van der Waals surface area (Å²) in [6.07, 6.45) is 1.78. The summed E-state index contributed by atoms with van der Waals surface area (Å²) < 4.78 is 27.1. The van der Waals surface area contributed by atoms with Gasteiger partial charge in [0.2, 0.25) is 10.0 Å². The minimum Gasteiger partial charge on any atom is -0.207 e. The number of nitrogens with zero attached hydrogens (tertiary/aromatic N) is 2. The molecule has 0 heterocycles. The number of nitriles is 1. The highest BCUT2D eigenvalue weighted by Crippen LogP contribution is 2.35. The summed E-state index contributed by atoms with van der Waals surface area (Å²) in [5.41, 5.74) is 0.299. The predicted octanol–water partition coefficient (Wildman–Crippen LogP) is 3.02. The van der Waals surface area contributed by atoms with Crippen LogP contribution in [0, 0.1) is 17.2 Å². The Morgan fingerprint density at radius 3 is 2.60 bits per heavy atom. The normalized spacial score (nSPS) is 15.6. The maximum Gasteiger partial charge on any atom is 0.244 e. The second-order valence-electron chi connectivity index (χ2n) is 5.46. The molecule has 2 rings (SSSR count). The largest absolute Gasteiger partial charge is 0.244 e. The Kier molecular flexibility index (Phi) is 4.38. The molecule has 0 radical (unpaired) electrons. The highest BCUT2D eigenvalue weighted by atomic mass is 35.5. The molecule has 20 heavy (non-hydrogen) atoms. The zero-order valence-corrected chi connectivity index (χ0v) is 13.1. The third kappa shape index (κ3) is 3.14. The molecule has 1 aromatic rings. The maximum atomic E-state index is 12.8. The lowest BCUT2D eigenvalue weighted by Crippen LogP contribution is -2.36. The van der Waals surface area contributed by atoms with Gasteiger partial charge in [0, 0.05) is 12.6 Å². The molecule has 1 aliphatic carbocycles. The Hall–Kier alpha value is -1.09. The quantitative estimate of drug-likeness (QED) is 0.839. The van der Waals surface area contributed by atoms with Crippen molar-refractivity contribution in [2.75, 3.05) is 6.54 Å². The molecule has 0 aromatic heterocycles. The van der Waals surface area contributed by atoms with Gasteiger partial charge in [-0.05, 0) is 37.0 Å². The van der Waals surface area contributed by atoms with E-state index in [0.717, 1.165) is 12.8 Å². The first kappa shape index (κ1) is 15.3. The van der Waals surface area contributed by atoms with Crippen LogP contribution >= 0.6 is 11.6 Å². The van der Waals surface area contributed by atoms with E-state index in [1.54, 1.807) is 0 Å². The third-order valence-corrected chi connectivity index (χ3v) is 5.55. The minimum absolute atomic E-state index is 0.0331. The highest BCUT2D eigenvalue weighted by molar-refractivity contribution is 7.89. The van der Waals surface area contributed by atoms with Crippen LogP contribution in [-0.2, 0) is 10.0 Å². The molecule has 1 aromatic carbocycles. The smallest absolute Gasteiger partial charge is 0.207 e. The number of benzene rings is 1. The maximum absolute atomic E-state index is 12.8. The van der Waals surface area contributed by atoms with Crippen LogP contribution in [0.15, 0.2) is 23.1 Å². The van der Waals surface area contributed by atoms with Crippen molar-refractivity contribution in [2.24, 2.45) is 5.92 Å². The predicted molar refractivity (Wildman–Crippen MR) is 77.9 cm³/mol. The highest BCUT2D eigenvalue weighted by Gasteiger charge is 2.39. The zero-order valence-electron chi connectivity index (χ0n) is 11.5. The van der Waals surface area contributed by atoms with Gasteiger partial charge in [0.15, 0.2) is 0 Å². The van der Waals surface area contributed by atoms with Gasteiger partial charge in [-0.2, -0.15) is 9.57 Å². The first-order chi connectivity index (χ1) is 9.36.